The van der Waals surface area contributed by atoms with E-state index in [4.69, 9.17) is 0 Å². The number of nitrogens with one attached hydrogen (secondary N) is 2. The van der Waals surface area contributed by atoms with Crippen LogP contribution in [0.3, 0.4) is 0 Å². The van der Waals surface area contributed by atoms with E-state index in [1.807, 2.05) is 36.4 Å². The smallest absolute Gasteiger partial charge is 0.229 e. The van der Waals surface area contributed by atoms with Crippen LogP contribution in [0.2, 0.25) is 0 Å². The van der Waals surface area contributed by atoms with Crippen LogP contribution < -0.4 is 10.6 Å². The minimum Gasteiger partial charge on any atom is -0.380 e. The average Bonchev–Trinajstić information content (AvgIpc) is 2.64. The van der Waals surface area contributed by atoms with Gasteiger partial charge in [0.25, 0.3) is 0 Å². The third kappa shape index (κ3) is 5.14. The highest BCUT2D eigenvalue weighted by Gasteiger charge is 2.05. The lowest BCUT2D eigenvalue weighted by molar-refractivity contribution is -0.115. The molecule has 0 atom stereocenters. The molecule has 0 saturated heterocycles. The SMILES string of the molecule is O=C(Cc1ccc(F)cc1)Nc1ccc(NCc2ccccc2)cn1. The van der Waals surface area contributed by atoms with Crippen LogP contribution in [-0.4, -0.2) is 10.9 Å². The molecule has 126 valence electrons. The van der Waals surface area contributed by atoms with Gasteiger partial charge in [0.15, 0.2) is 0 Å². The Hall–Kier alpha value is -3.21. The van der Waals surface area contributed by atoms with Gasteiger partial charge in [-0.25, -0.2) is 9.37 Å². The number of aromatic nitrogens is 1. The predicted molar refractivity (Wildman–Crippen MR) is 96.7 cm³/mol. The Labute approximate surface area is 145 Å². The average molecular weight is 335 g/mol. The second kappa shape index (κ2) is 8.06. The number of nitrogens with zero attached hydrogens (tertiary/aromatic N) is 1. The van der Waals surface area contributed by atoms with Gasteiger partial charge in [0.2, 0.25) is 5.91 Å². The topological polar surface area (TPSA) is 54.0 Å². The second-order valence-corrected chi connectivity index (χ2v) is 5.62. The van der Waals surface area contributed by atoms with Crippen molar-refractivity contribution in [3.05, 3.63) is 89.9 Å². The Bertz CT molecular complexity index is 818. The van der Waals surface area contributed by atoms with Crippen molar-refractivity contribution in [1.29, 1.82) is 0 Å². The first kappa shape index (κ1) is 16.6. The van der Waals surface area contributed by atoms with Crippen LogP contribution in [0.15, 0.2) is 72.9 Å². The molecule has 0 aliphatic carbocycles. The summed E-state index contributed by atoms with van der Waals surface area (Å²) in [6, 6.07) is 19.5. The predicted octanol–water partition coefficient (Wildman–Crippen LogP) is 4.01. The molecule has 0 saturated carbocycles. The molecule has 0 radical (unpaired) electrons. The number of carbonyl (C=O) groups excluding carboxylic acids is 1. The molecule has 0 unspecified atom stereocenters. The van der Waals surface area contributed by atoms with Gasteiger partial charge < -0.3 is 10.6 Å². The van der Waals surface area contributed by atoms with E-state index < -0.39 is 0 Å². The zero-order valence-electron chi connectivity index (χ0n) is 13.6. The van der Waals surface area contributed by atoms with Crippen molar-refractivity contribution in [2.45, 2.75) is 13.0 Å². The van der Waals surface area contributed by atoms with E-state index in [-0.39, 0.29) is 18.1 Å². The zero-order valence-corrected chi connectivity index (χ0v) is 13.6. The molecule has 2 aromatic carbocycles. The van der Waals surface area contributed by atoms with Crippen LogP contribution in [-0.2, 0) is 17.8 Å². The molecule has 0 bridgehead atoms. The standard InChI is InChI=1S/C20H18FN3O/c21-17-8-6-15(7-9-17)12-20(25)24-19-11-10-18(14-23-19)22-13-16-4-2-1-3-5-16/h1-11,14,22H,12-13H2,(H,23,24,25). The van der Waals surface area contributed by atoms with Crippen molar-refractivity contribution in [2.24, 2.45) is 0 Å². The van der Waals surface area contributed by atoms with Crippen LogP contribution in [0.5, 0.6) is 0 Å². The normalized spacial score (nSPS) is 10.3. The Balaban J connectivity index is 1.51. The van der Waals surface area contributed by atoms with Gasteiger partial charge in [-0.15, -0.1) is 0 Å². The number of pyridine rings is 1. The molecule has 3 rings (SSSR count). The van der Waals surface area contributed by atoms with Gasteiger partial charge >= 0.3 is 0 Å². The summed E-state index contributed by atoms with van der Waals surface area (Å²) >= 11 is 0. The van der Waals surface area contributed by atoms with Crippen molar-refractivity contribution in [3.8, 4) is 0 Å². The molecule has 0 spiro atoms. The maximum absolute atomic E-state index is 12.9. The molecule has 5 heteroatoms. The summed E-state index contributed by atoms with van der Waals surface area (Å²) in [5.41, 5.74) is 2.81. The number of halogens is 1. The highest BCUT2D eigenvalue weighted by molar-refractivity contribution is 5.91. The lowest BCUT2D eigenvalue weighted by atomic mass is 10.1. The maximum Gasteiger partial charge on any atom is 0.229 e. The highest BCUT2D eigenvalue weighted by Crippen LogP contribution is 2.12. The maximum atomic E-state index is 12.9. The van der Waals surface area contributed by atoms with E-state index >= 15 is 0 Å². The van der Waals surface area contributed by atoms with E-state index in [9.17, 15) is 9.18 Å². The van der Waals surface area contributed by atoms with Crippen molar-refractivity contribution >= 4 is 17.4 Å². The molecule has 2 N–H and O–H groups in total. The lowest BCUT2D eigenvalue weighted by Crippen LogP contribution is -2.15. The quantitative estimate of drug-likeness (QED) is 0.715. The van der Waals surface area contributed by atoms with Crippen molar-refractivity contribution in [3.63, 3.8) is 0 Å². The molecular formula is C20H18FN3O. The first-order valence-electron chi connectivity index (χ1n) is 7.97. The van der Waals surface area contributed by atoms with Gasteiger partial charge in [0.05, 0.1) is 18.3 Å². The fourth-order valence-corrected chi connectivity index (χ4v) is 2.35. The number of rotatable bonds is 6. The third-order valence-corrected chi connectivity index (χ3v) is 3.65. The van der Waals surface area contributed by atoms with Gasteiger partial charge in [0.1, 0.15) is 11.6 Å². The number of carbonyl (C=O) groups is 1. The largest absolute Gasteiger partial charge is 0.380 e. The minimum absolute atomic E-state index is 0.177. The third-order valence-electron chi connectivity index (χ3n) is 3.65. The Kier molecular flexibility index (Phi) is 5.36. The van der Waals surface area contributed by atoms with Crippen molar-refractivity contribution in [2.75, 3.05) is 10.6 Å². The Morgan fingerprint density at radius 3 is 2.36 bits per heavy atom. The molecule has 25 heavy (non-hydrogen) atoms. The summed E-state index contributed by atoms with van der Waals surface area (Å²) in [6.07, 6.45) is 1.85. The monoisotopic (exact) mass is 335 g/mol. The van der Waals surface area contributed by atoms with Crippen LogP contribution in [0.1, 0.15) is 11.1 Å². The summed E-state index contributed by atoms with van der Waals surface area (Å²) < 4.78 is 12.9. The number of amides is 1. The molecule has 4 nitrogen and oxygen atoms in total. The minimum atomic E-state index is -0.315. The summed E-state index contributed by atoms with van der Waals surface area (Å²) in [5.74, 6) is -0.0223. The van der Waals surface area contributed by atoms with E-state index in [1.54, 1.807) is 24.4 Å². The van der Waals surface area contributed by atoms with E-state index in [1.165, 1.54) is 17.7 Å². The Morgan fingerprint density at radius 1 is 0.920 bits per heavy atom. The molecule has 0 fully saturated rings. The summed E-state index contributed by atoms with van der Waals surface area (Å²) in [6.45, 7) is 0.707. The Morgan fingerprint density at radius 2 is 1.68 bits per heavy atom. The number of benzene rings is 2. The highest BCUT2D eigenvalue weighted by atomic mass is 19.1. The van der Waals surface area contributed by atoms with E-state index in [0.717, 1.165) is 11.3 Å². The molecule has 1 aromatic heterocycles. The molecule has 0 aliphatic heterocycles. The van der Waals surface area contributed by atoms with Crippen LogP contribution in [0.25, 0.3) is 0 Å². The summed E-state index contributed by atoms with van der Waals surface area (Å²) in [7, 11) is 0. The van der Waals surface area contributed by atoms with Crippen LogP contribution in [0.4, 0.5) is 15.9 Å². The molecule has 1 amide bonds. The first-order chi connectivity index (χ1) is 12.2. The van der Waals surface area contributed by atoms with Crippen LogP contribution >= 0.6 is 0 Å². The van der Waals surface area contributed by atoms with Crippen molar-refractivity contribution in [1.82, 2.24) is 4.98 Å². The van der Waals surface area contributed by atoms with E-state index in [0.29, 0.717) is 12.4 Å². The molecule has 0 aliphatic rings. The van der Waals surface area contributed by atoms with Gasteiger partial charge in [-0.05, 0) is 35.4 Å². The fourth-order valence-electron chi connectivity index (χ4n) is 2.35. The lowest BCUT2D eigenvalue weighted by Gasteiger charge is -2.08. The van der Waals surface area contributed by atoms with E-state index in [2.05, 4.69) is 15.6 Å². The second-order valence-electron chi connectivity index (χ2n) is 5.62. The van der Waals surface area contributed by atoms with Gasteiger partial charge in [-0.3, -0.25) is 4.79 Å². The molecule has 3 aromatic rings. The first-order valence-corrected chi connectivity index (χ1v) is 7.97. The number of hydrogen-bond acceptors (Lipinski definition) is 3. The number of hydrogen-bond donors (Lipinski definition) is 2. The number of anilines is 2. The van der Waals surface area contributed by atoms with Crippen molar-refractivity contribution < 1.29 is 9.18 Å². The van der Waals surface area contributed by atoms with Gasteiger partial charge in [-0.1, -0.05) is 42.5 Å². The summed E-state index contributed by atoms with van der Waals surface area (Å²) in [4.78, 5) is 16.2. The summed E-state index contributed by atoms with van der Waals surface area (Å²) in [5, 5.41) is 6.01. The molecule has 1 heterocycles. The molecular weight excluding hydrogens is 317 g/mol. The van der Waals surface area contributed by atoms with Gasteiger partial charge in [-0.2, -0.15) is 0 Å². The zero-order chi connectivity index (χ0) is 17.5. The fraction of sp³-hybridized carbons (Fsp3) is 0.100. The van der Waals surface area contributed by atoms with Crippen LogP contribution in [0, 0.1) is 5.82 Å². The van der Waals surface area contributed by atoms with Gasteiger partial charge in [0, 0.05) is 6.54 Å².